The van der Waals surface area contributed by atoms with Gasteiger partial charge in [-0.2, -0.15) is 0 Å². The number of aliphatic imine (C=N–C) groups is 1. The first-order valence-electron chi connectivity index (χ1n) is 6.64. The Balaban J connectivity index is 2.62. The normalized spacial score (nSPS) is 11.5. The van der Waals surface area contributed by atoms with Crippen LogP contribution in [0, 0.1) is 0 Å². The van der Waals surface area contributed by atoms with E-state index in [4.69, 9.17) is 9.47 Å². The van der Waals surface area contributed by atoms with Crippen molar-refractivity contribution in [2.24, 2.45) is 4.99 Å². The van der Waals surface area contributed by atoms with E-state index in [-0.39, 0.29) is 6.10 Å². The average Bonchev–Trinajstić information content (AvgIpc) is 2.38. The molecule has 0 aliphatic heterocycles. The number of nitrogens with zero attached hydrogens (tertiary/aromatic N) is 3. The monoisotopic (exact) mass is 279 g/mol. The fraction of sp³-hybridized carbons (Fsp3) is 0.533. The van der Waals surface area contributed by atoms with E-state index in [9.17, 15) is 0 Å². The highest BCUT2D eigenvalue weighted by Gasteiger charge is 2.08. The second-order valence-corrected chi connectivity index (χ2v) is 5.04. The minimum absolute atomic E-state index is 0.00277. The number of benzene rings is 1. The first kappa shape index (κ1) is 16.1. The summed E-state index contributed by atoms with van der Waals surface area (Å²) in [7, 11) is 9.56. The Morgan fingerprint density at radius 3 is 2.30 bits per heavy atom. The lowest BCUT2D eigenvalue weighted by Crippen LogP contribution is -2.36. The molecule has 0 radical (unpaired) electrons. The molecule has 0 N–H and O–H groups in total. The van der Waals surface area contributed by atoms with Gasteiger partial charge < -0.3 is 19.3 Å². The number of methoxy groups -OCH3 is 1. The van der Waals surface area contributed by atoms with Crippen molar-refractivity contribution in [1.29, 1.82) is 0 Å². The van der Waals surface area contributed by atoms with Gasteiger partial charge in [-0.1, -0.05) is 6.07 Å². The Morgan fingerprint density at radius 1 is 1.15 bits per heavy atom. The van der Waals surface area contributed by atoms with Gasteiger partial charge in [0.1, 0.15) is 17.6 Å². The van der Waals surface area contributed by atoms with E-state index in [2.05, 4.69) is 4.99 Å². The standard InChI is InChI=1S/C15H25N3O2/c1-12(11-16-15(17(2)3)18(4)5)20-14-9-7-8-13(10-14)19-6/h7-10,12H,11H2,1-6H3. The fourth-order valence-corrected chi connectivity index (χ4v) is 1.84. The van der Waals surface area contributed by atoms with E-state index in [1.54, 1.807) is 7.11 Å². The van der Waals surface area contributed by atoms with Crippen molar-refractivity contribution in [2.75, 3.05) is 41.8 Å². The van der Waals surface area contributed by atoms with Gasteiger partial charge >= 0.3 is 0 Å². The molecule has 0 saturated heterocycles. The van der Waals surface area contributed by atoms with Crippen LogP contribution in [0.4, 0.5) is 0 Å². The molecule has 20 heavy (non-hydrogen) atoms. The summed E-state index contributed by atoms with van der Waals surface area (Å²) in [6.45, 7) is 2.61. The summed E-state index contributed by atoms with van der Waals surface area (Å²) in [5.74, 6) is 2.51. The van der Waals surface area contributed by atoms with Gasteiger partial charge in [0.15, 0.2) is 5.96 Å². The summed E-state index contributed by atoms with van der Waals surface area (Å²) in [6, 6.07) is 7.60. The first-order valence-corrected chi connectivity index (χ1v) is 6.64. The minimum Gasteiger partial charge on any atom is -0.497 e. The highest BCUT2D eigenvalue weighted by molar-refractivity contribution is 5.79. The maximum Gasteiger partial charge on any atom is 0.195 e. The van der Waals surface area contributed by atoms with Crippen molar-refractivity contribution >= 4 is 5.96 Å². The van der Waals surface area contributed by atoms with Crippen LogP contribution in [0.1, 0.15) is 6.92 Å². The predicted octanol–water partition coefficient (Wildman–Crippen LogP) is 1.94. The Kier molecular flexibility index (Phi) is 6.15. The third kappa shape index (κ3) is 4.99. The molecule has 0 fully saturated rings. The maximum absolute atomic E-state index is 5.84. The van der Waals surface area contributed by atoms with Crippen LogP contribution in [0.2, 0.25) is 0 Å². The predicted molar refractivity (Wildman–Crippen MR) is 82.8 cm³/mol. The number of guanidine groups is 1. The zero-order valence-electron chi connectivity index (χ0n) is 13.3. The molecule has 5 nitrogen and oxygen atoms in total. The zero-order valence-corrected chi connectivity index (χ0v) is 13.3. The molecular formula is C15H25N3O2. The zero-order chi connectivity index (χ0) is 15.1. The molecule has 1 aromatic carbocycles. The van der Waals surface area contributed by atoms with Crippen LogP contribution in [0.3, 0.4) is 0 Å². The van der Waals surface area contributed by atoms with E-state index in [1.807, 2.05) is 69.2 Å². The van der Waals surface area contributed by atoms with Crippen molar-refractivity contribution in [2.45, 2.75) is 13.0 Å². The van der Waals surface area contributed by atoms with Crippen LogP contribution < -0.4 is 9.47 Å². The fourth-order valence-electron chi connectivity index (χ4n) is 1.84. The molecular weight excluding hydrogens is 254 g/mol. The van der Waals surface area contributed by atoms with E-state index >= 15 is 0 Å². The summed E-state index contributed by atoms with van der Waals surface area (Å²) in [5.41, 5.74) is 0. The second kappa shape index (κ2) is 7.62. The van der Waals surface area contributed by atoms with E-state index in [1.165, 1.54) is 0 Å². The Bertz CT molecular complexity index is 434. The summed E-state index contributed by atoms with van der Waals surface area (Å²) < 4.78 is 11.0. The van der Waals surface area contributed by atoms with Gasteiger partial charge in [-0.15, -0.1) is 0 Å². The summed E-state index contributed by atoms with van der Waals surface area (Å²) >= 11 is 0. The molecule has 0 saturated carbocycles. The molecule has 5 heteroatoms. The van der Waals surface area contributed by atoms with E-state index in [0.29, 0.717) is 6.54 Å². The van der Waals surface area contributed by atoms with Crippen LogP contribution in [0.25, 0.3) is 0 Å². The van der Waals surface area contributed by atoms with Gasteiger partial charge in [0.25, 0.3) is 0 Å². The third-order valence-electron chi connectivity index (χ3n) is 2.67. The van der Waals surface area contributed by atoms with Crippen LogP contribution >= 0.6 is 0 Å². The summed E-state index contributed by atoms with van der Waals surface area (Å²) in [5, 5.41) is 0. The highest BCUT2D eigenvalue weighted by Crippen LogP contribution is 2.19. The quantitative estimate of drug-likeness (QED) is 0.610. The molecule has 1 rings (SSSR count). The summed E-state index contributed by atoms with van der Waals surface area (Å²) in [6.07, 6.45) is -0.00277. The van der Waals surface area contributed by atoms with Crippen molar-refractivity contribution < 1.29 is 9.47 Å². The largest absolute Gasteiger partial charge is 0.497 e. The van der Waals surface area contributed by atoms with Crippen LogP contribution in [0.15, 0.2) is 29.3 Å². The molecule has 0 aromatic heterocycles. The second-order valence-electron chi connectivity index (χ2n) is 5.04. The molecule has 0 aliphatic rings. The highest BCUT2D eigenvalue weighted by atomic mass is 16.5. The Hall–Kier alpha value is -1.91. The summed E-state index contributed by atoms with van der Waals surface area (Å²) in [4.78, 5) is 8.54. The van der Waals surface area contributed by atoms with Crippen LogP contribution in [0.5, 0.6) is 11.5 Å². The smallest absolute Gasteiger partial charge is 0.195 e. The topological polar surface area (TPSA) is 37.3 Å². The molecule has 1 atom stereocenters. The Morgan fingerprint density at radius 2 is 1.75 bits per heavy atom. The van der Waals surface area contributed by atoms with Gasteiger partial charge in [0.2, 0.25) is 0 Å². The average molecular weight is 279 g/mol. The molecule has 0 aliphatic carbocycles. The third-order valence-corrected chi connectivity index (χ3v) is 2.67. The maximum atomic E-state index is 5.84. The van der Waals surface area contributed by atoms with Gasteiger partial charge in [-0.05, 0) is 19.1 Å². The molecule has 1 aromatic rings. The minimum atomic E-state index is -0.00277. The van der Waals surface area contributed by atoms with Crippen molar-refractivity contribution in [3.8, 4) is 11.5 Å². The SMILES string of the molecule is COc1cccc(OC(C)CN=C(N(C)C)N(C)C)c1. The van der Waals surface area contributed by atoms with Gasteiger partial charge in [-0.25, -0.2) is 4.99 Å². The Labute approximate surface area is 121 Å². The van der Waals surface area contributed by atoms with Crippen LogP contribution in [-0.4, -0.2) is 63.7 Å². The lowest BCUT2D eigenvalue weighted by Gasteiger charge is -2.23. The van der Waals surface area contributed by atoms with Crippen molar-refractivity contribution in [3.05, 3.63) is 24.3 Å². The number of hydrogen-bond acceptors (Lipinski definition) is 3. The molecule has 112 valence electrons. The van der Waals surface area contributed by atoms with Gasteiger partial charge in [-0.3, -0.25) is 0 Å². The number of rotatable bonds is 5. The molecule has 0 amide bonds. The number of ether oxygens (including phenoxy) is 2. The lowest BCUT2D eigenvalue weighted by atomic mass is 10.3. The van der Waals surface area contributed by atoms with Gasteiger partial charge in [0.05, 0.1) is 13.7 Å². The lowest BCUT2D eigenvalue weighted by molar-refractivity contribution is 0.228. The molecule has 0 heterocycles. The van der Waals surface area contributed by atoms with E-state index < -0.39 is 0 Å². The molecule has 0 bridgehead atoms. The van der Waals surface area contributed by atoms with Crippen molar-refractivity contribution in [1.82, 2.24) is 9.80 Å². The first-order chi connectivity index (χ1) is 9.43. The van der Waals surface area contributed by atoms with E-state index in [0.717, 1.165) is 17.5 Å². The number of hydrogen-bond donors (Lipinski definition) is 0. The van der Waals surface area contributed by atoms with Crippen molar-refractivity contribution in [3.63, 3.8) is 0 Å². The molecule has 0 spiro atoms. The van der Waals surface area contributed by atoms with Gasteiger partial charge in [0, 0.05) is 34.3 Å². The molecule has 1 unspecified atom stereocenters. The van der Waals surface area contributed by atoms with Crippen LogP contribution in [-0.2, 0) is 0 Å².